The van der Waals surface area contributed by atoms with Crippen LogP contribution in [0.4, 0.5) is 34.1 Å². The van der Waals surface area contributed by atoms with Crippen molar-refractivity contribution in [3.05, 3.63) is 283 Å². The molecule has 1 aliphatic heterocycles. The van der Waals surface area contributed by atoms with E-state index in [1.54, 1.807) is 0 Å². The summed E-state index contributed by atoms with van der Waals surface area (Å²) in [5.74, 6) is 1.05. The van der Waals surface area contributed by atoms with E-state index in [0.29, 0.717) is 0 Å². The van der Waals surface area contributed by atoms with Crippen LogP contribution in [0.2, 0.25) is 0 Å². The summed E-state index contributed by atoms with van der Waals surface area (Å²) >= 11 is 0. The number of aryl methyl sites for hydroxylation is 2. The van der Waals surface area contributed by atoms with Crippen molar-refractivity contribution in [3.63, 3.8) is 0 Å². The van der Waals surface area contributed by atoms with Crippen molar-refractivity contribution in [2.24, 2.45) is 0 Å². The summed E-state index contributed by atoms with van der Waals surface area (Å²) in [4.78, 5) is 2.50. The number of rotatable bonds is 15. The van der Waals surface area contributed by atoms with Gasteiger partial charge in [-0.2, -0.15) is 0 Å². The molecule has 3 aliphatic rings. The zero-order valence-corrected chi connectivity index (χ0v) is 43.4. The quantitative estimate of drug-likeness (QED) is 0.107. The SMILES string of the molecule is CCCc1ccc(-c2cc(-c3ccc(Nc4ccccc4)cc3)cc(-c3cc(C4=CC(c5ccc(CCC)cc5)CC(c5ccc(Nc6ccccc6)cc5)=C4)cc(N4c5ccccc5OC5C=CC=CC54)c3)c2)cc1. The summed E-state index contributed by atoms with van der Waals surface area (Å²) in [6, 6.07) is 80.1. The molecule has 2 aliphatic carbocycles. The Hall–Kier alpha value is -8.86. The maximum Gasteiger partial charge on any atom is 0.144 e. The zero-order chi connectivity index (χ0) is 51.2. The molecule has 9 aromatic rings. The molecule has 0 saturated heterocycles. The molecule has 9 aromatic carbocycles. The second-order valence-electron chi connectivity index (χ2n) is 20.4. The third-order valence-electron chi connectivity index (χ3n) is 15.1. The van der Waals surface area contributed by atoms with Crippen molar-refractivity contribution in [2.45, 2.75) is 64.0 Å². The largest absolute Gasteiger partial charge is 0.482 e. The van der Waals surface area contributed by atoms with Gasteiger partial charge in [-0.1, -0.05) is 178 Å². The Bertz CT molecular complexity index is 3590. The lowest BCUT2D eigenvalue weighted by Gasteiger charge is -2.42. The highest BCUT2D eigenvalue weighted by molar-refractivity contribution is 5.92. The minimum Gasteiger partial charge on any atom is -0.482 e. The third kappa shape index (κ3) is 10.6. The predicted molar refractivity (Wildman–Crippen MR) is 321 cm³/mol. The lowest BCUT2D eigenvalue weighted by Crippen LogP contribution is -2.46. The van der Waals surface area contributed by atoms with Crippen LogP contribution in [0, 0.1) is 0 Å². The van der Waals surface area contributed by atoms with Crippen molar-refractivity contribution in [1.29, 1.82) is 0 Å². The van der Waals surface area contributed by atoms with Crippen molar-refractivity contribution < 1.29 is 4.74 Å². The molecule has 3 unspecified atom stereocenters. The summed E-state index contributed by atoms with van der Waals surface area (Å²) in [5.41, 5.74) is 22.4. The van der Waals surface area contributed by atoms with E-state index in [9.17, 15) is 0 Å². The van der Waals surface area contributed by atoms with E-state index in [2.05, 4.69) is 278 Å². The molecule has 0 amide bonds. The van der Waals surface area contributed by atoms with Crippen LogP contribution in [0.25, 0.3) is 44.5 Å². The second kappa shape index (κ2) is 21.9. The van der Waals surface area contributed by atoms with Gasteiger partial charge in [-0.15, -0.1) is 0 Å². The molecule has 372 valence electrons. The molecular formula is C72H63N3O. The molecule has 0 aromatic heterocycles. The van der Waals surface area contributed by atoms with Crippen LogP contribution in [0.5, 0.6) is 5.75 Å². The summed E-state index contributed by atoms with van der Waals surface area (Å²) < 4.78 is 6.73. The van der Waals surface area contributed by atoms with Crippen molar-refractivity contribution in [1.82, 2.24) is 0 Å². The van der Waals surface area contributed by atoms with Crippen molar-refractivity contribution in [3.8, 4) is 39.1 Å². The van der Waals surface area contributed by atoms with Gasteiger partial charge < -0.3 is 20.3 Å². The Kier molecular flexibility index (Phi) is 13.9. The van der Waals surface area contributed by atoms with E-state index in [-0.39, 0.29) is 18.1 Å². The first kappa shape index (κ1) is 48.1. The zero-order valence-electron chi connectivity index (χ0n) is 43.4. The molecule has 0 bridgehead atoms. The molecule has 3 atom stereocenters. The molecule has 0 radical (unpaired) electrons. The minimum absolute atomic E-state index is 0.0432. The number of hydrogen-bond acceptors (Lipinski definition) is 4. The Morgan fingerprint density at radius 2 is 0.947 bits per heavy atom. The van der Waals surface area contributed by atoms with Crippen LogP contribution in [-0.4, -0.2) is 12.1 Å². The van der Waals surface area contributed by atoms with Gasteiger partial charge in [0.05, 0.1) is 11.7 Å². The monoisotopic (exact) mass is 985 g/mol. The number of hydrogen-bond donors (Lipinski definition) is 2. The van der Waals surface area contributed by atoms with E-state index in [1.807, 2.05) is 6.07 Å². The van der Waals surface area contributed by atoms with Crippen LogP contribution in [0.1, 0.15) is 66.8 Å². The highest BCUT2D eigenvalue weighted by Gasteiger charge is 2.35. The molecule has 0 spiro atoms. The summed E-state index contributed by atoms with van der Waals surface area (Å²) in [5, 5.41) is 7.18. The number of para-hydroxylation sites is 4. The van der Waals surface area contributed by atoms with Gasteiger partial charge in [-0.05, 0) is 195 Å². The normalized spacial score (nSPS) is 16.4. The highest BCUT2D eigenvalue weighted by atomic mass is 16.5. The van der Waals surface area contributed by atoms with Crippen LogP contribution in [0.3, 0.4) is 0 Å². The molecule has 12 rings (SSSR count). The van der Waals surface area contributed by atoms with Gasteiger partial charge in [0.2, 0.25) is 0 Å². The highest BCUT2D eigenvalue weighted by Crippen LogP contribution is 2.47. The van der Waals surface area contributed by atoms with E-state index in [0.717, 1.165) is 94.2 Å². The first-order chi connectivity index (χ1) is 37.5. The van der Waals surface area contributed by atoms with Gasteiger partial charge in [0.15, 0.2) is 0 Å². The standard InChI is InChI=1S/C72H63N3O/c1-3-15-50-25-29-52(30-26-50)56-41-58(54-33-37-66(38-34-54)73-64-17-7-5-8-18-64)45-60(43-56)62-47-63(49-68(48-62)75-69-21-11-13-23-71(69)76-72-24-14-12-22-70(72)75)61-44-57(53-31-27-51(16-4-2)28-32-53)42-59(46-61)55-35-39-67(40-36-55)74-65-19-9-6-10-20-65/h5-14,17-41,43-49,57,69,71,73-74H,3-4,15-16,42H2,1-2H3. The molecule has 1 heterocycles. The number of nitrogens with one attached hydrogen (secondary N) is 2. The summed E-state index contributed by atoms with van der Waals surface area (Å²) in [6.45, 7) is 4.50. The number of ether oxygens (including phenoxy) is 1. The Morgan fingerprint density at radius 1 is 0.461 bits per heavy atom. The number of allylic oxidation sites excluding steroid dienone is 6. The smallest absolute Gasteiger partial charge is 0.144 e. The van der Waals surface area contributed by atoms with Gasteiger partial charge in [-0.25, -0.2) is 0 Å². The third-order valence-corrected chi connectivity index (χ3v) is 15.1. The predicted octanol–water partition coefficient (Wildman–Crippen LogP) is 19.1. The Labute approximate surface area is 449 Å². The van der Waals surface area contributed by atoms with Gasteiger partial charge in [0.1, 0.15) is 11.9 Å². The fourth-order valence-electron chi connectivity index (χ4n) is 11.2. The topological polar surface area (TPSA) is 36.5 Å². The first-order valence-corrected chi connectivity index (χ1v) is 27.2. The lowest BCUT2D eigenvalue weighted by atomic mass is 9.80. The average molecular weight is 986 g/mol. The second-order valence-corrected chi connectivity index (χ2v) is 20.4. The van der Waals surface area contributed by atoms with E-state index >= 15 is 0 Å². The Morgan fingerprint density at radius 3 is 1.57 bits per heavy atom. The van der Waals surface area contributed by atoms with Gasteiger partial charge in [0.25, 0.3) is 0 Å². The molecule has 0 fully saturated rings. The Balaban J connectivity index is 1.03. The number of benzene rings is 9. The van der Waals surface area contributed by atoms with Gasteiger partial charge in [-0.3, -0.25) is 0 Å². The molecular weight excluding hydrogens is 923 g/mol. The van der Waals surface area contributed by atoms with Crippen LogP contribution < -0.4 is 20.3 Å². The maximum absolute atomic E-state index is 6.73. The summed E-state index contributed by atoms with van der Waals surface area (Å²) in [7, 11) is 0. The maximum atomic E-state index is 6.73. The van der Waals surface area contributed by atoms with E-state index in [1.165, 1.54) is 50.1 Å². The van der Waals surface area contributed by atoms with Crippen LogP contribution in [0.15, 0.2) is 255 Å². The van der Waals surface area contributed by atoms with Crippen LogP contribution in [-0.2, 0) is 12.8 Å². The van der Waals surface area contributed by atoms with Crippen molar-refractivity contribution >= 4 is 45.3 Å². The van der Waals surface area contributed by atoms with E-state index < -0.39 is 0 Å². The van der Waals surface area contributed by atoms with E-state index in [4.69, 9.17) is 4.74 Å². The number of nitrogens with zero attached hydrogens (tertiary/aromatic N) is 1. The molecule has 2 N–H and O–H groups in total. The molecule has 0 saturated carbocycles. The molecule has 76 heavy (non-hydrogen) atoms. The van der Waals surface area contributed by atoms with Crippen molar-refractivity contribution in [2.75, 3.05) is 15.5 Å². The van der Waals surface area contributed by atoms with Gasteiger partial charge >= 0.3 is 0 Å². The lowest BCUT2D eigenvalue weighted by molar-refractivity contribution is 0.218. The average Bonchev–Trinajstić information content (AvgIpc) is 3.49. The van der Waals surface area contributed by atoms with Gasteiger partial charge in [0, 0.05) is 34.4 Å². The number of fused-ring (bicyclic) bond motifs is 2. The molecule has 4 heteroatoms. The fourth-order valence-corrected chi connectivity index (χ4v) is 11.2. The minimum atomic E-state index is -0.142. The number of anilines is 6. The van der Waals surface area contributed by atoms with Crippen LogP contribution >= 0.6 is 0 Å². The first-order valence-electron chi connectivity index (χ1n) is 27.2. The summed E-state index contributed by atoms with van der Waals surface area (Å²) in [6.07, 6.45) is 18.9. The fraction of sp³-hybridized carbons (Fsp3) is 0.139. The molecule has 4 nitrogen and oxygen atoms in total.